The summed E-state index contributed by atoms with van der Waals surface area (Å²) in [6.07, 6.45) is 0.655. The Hall–Kier alpha value is -2.31. The molecule has 1 aromatic heterocycles. The Bertz CT molecular complexity index is 541. The number of carbonyl (C=O) groups is 3. The van der Waals surface area contributed by atoms with Crippen LogP contribution in [-0.4, -0.2) is 35.7 Å². The number of hydrogen-bond donors (Lipinski definition) is 0. The standard InChI is InChI=1S/C15H23NO4.C2H4O2/c1-6-11-12(14(17)19-8-3)10(5)13(16(11)7-2)15(18)20-9-4;1-2(3)4/h6-9H2,1-5H3;1H3,(H,3,4)/p-1. The summed E-state index contributed by atoms with van der Waals surface area (Å²) < 4.78 is 12.0. The van der Waals surface area contributed by atoms with Crippen LogP contribution in [0.4, 0.5) is 0 Å². The molecule has 0 saturated heterocycles. The van der Waals surface area contributed by atoms with Gasteiger partial charge in [-0.25, -0.2) is 9.59 Å². The molecule has 0 saturated carbocycles. The number of hydrogen-bond acceptors (Lipinski definition) is 6. The molecule has 0 aliphatic carbocycles. The number of aliphatic carboxylic acids is 1. The Morgan fingerprint density at radius 1 is 1.00 bits per heavy atom. The Morgan fingerprint density at radius 3 is 1.83 bits per heavy atom. The number of aromatic nitrogens is 1. The molecule has 0 spiro atoms. The number of ether oxygens (including phenoxy) is 2. The maximum atomic E-state index is 12.1. The van der Waals surface area contributed by atoms with Crippen molar-refractivity contribution in [1.82, 2.24) is 4.57 Å². The first-order chi connectivity index (χ1) is 11.3. The van der Waals surface area contributed by atoms with Gasteiger partial charge in [-0.2, -0.15) is 0 Å². The van der Waals surface area contributed by atoms with Gasteiger partial charge in [-0.15, -0.1) is 0 Å². The van der Waals surface area contributed by atoms with Gasteiger partial charge in [0.2, 0.25) is 0 Å². The first kappa shape index (κ1) is 21.7. The molecule has 0 aromatic carbocycles. The molecular formula is C17H26NO6-. The molecule has 1 aromatic rings. The molecule has 7 nitrogen and oxygen atoms in total. The van der Waals surface area contributed by atoms with Crippen LogP contribution in [0.15, 0.2) is 0 Å². The molecule has 1 rings (SSSR count). The Kier molecular flexibility index (Phi) is 9.45. The van der Waals surface area contributed by atoms with Crippen LogP contribution < -0.4 is 5.11 Å². The first-order valence-electron chi connectivity index (χ1n) is 8.00. The topological polar surface area (TPSA) is 97.7 Å². The third-order valence-electron chi connectivity index (χ3n) is 3.21. The highest BCUT2D eigenvalue weighted by atomic mass is 16.5. The quantitative estimate of drug-likeness (QED) is 0.728. The average Bonchev–Trinajstić information content (AvgIpc) is 2.78. The smallest absolute Gasteiger partial charge is 0.355 e. The summed E-state index contributed by atoms with van der Waals surface area (Å²) in [4.78, 5) is 33.1. The lowest BCUT2D eigenvalue weighted by molar-refractivity contribution is -0.302. The number of rotatable bonds is 6. The zero-order chi connectivity index (χ0) is 18.9. The van der Waals surface area contributed by atoms with Crippen LogP contribution in [0.2, 0.25) is 0 Å². The van der Waals surface area contributed by atoms with E-state index in [0.717, 1.165) is 12.6 Å². The lowest BCUT2D eigenvalue weighted by Gasteiger charge is -2.10. The normalized spacial score (nSPS) is 9.75. The molecule has 0 aliphatic heterocycles. The van der Waals surface area contributed by atoms with E-state index in [1.165, 1.54) is 0 Å². The van der Waals surface area contributed by atoms with Crippen molar-refractivity contribution in [3.05, 3.63) is 22.5 Å². The highest BCUT2D eigenvalue weighted by molar-refractivity contribution is 5.99. The predicted molar refractivity (Wildman–Crippen MR) is 86.8 cm³/mol. The molecule has 0 aliphatic rings. The van der Waals surface area contributed by atoms with Crippen LogP contribution in [0.1, 0.15) is 66.7 Å². The highest BCUT2D eigenvalue weighted by Gasteiger charge is 2.28. The van der Waals surface area contributed by atoms with Crippen molar-refractivity contribution in [1.29, 1.82) is 0 Å². The van der Waals surface area contributed by atoms with E-state index in [2.05, 4.69) is 0 Å². The second-order valence-corrected chi connectivity index (χ2v) is 4.83. The number of nitrogens with zero attached hydrogens (tertiary/aromatic N) is 1. The SMILES string of the molecule is CC(=O)[O-].CCOC(=O)c1c(C)c(C(=O)OCC)n(CC)c1CC. The van der Waals surface area contributed by atoms with Gasteiger partial charge in [0.05, 0.1) is 18.8 Å². The van der Waals surface area contributed by atoms with Crippen molar-refractivity contribution in [2.24, 2.45) is 0 Å². The van der Waals surface area contributed by atoms with Gasteiger partial charge in [-0.1, -0.05) is 6.92 Å². The van der Waals surface area contributed by atoms with E-state index in [-0.39, 0.29) is 5.97 Å². The fourth-order valence-electron chi connectivity index (χ4n) is 2.46. The minimum atomic E-state index is -1.08. The van der Waals surface area contributed by atoms with Gasteiger partial charge in [-0.05, 0) is 46.6 Å². The van der Waals surface area contributed by atoms with E-state index in [1.54, 1.807) is 20.8 Å². The van der Waals surface area contributed by atoms with Crippen molar-refractivity contribution in [3.8, 4) is 0 Å². The van der Waals surface area contributed by atoms with E-state index in [9.17, 15) is 9.59 Å². The average molecular weight is 340 g/mol. The molecule has 7 heteroatoms. The van der Waals surface area contributed by atoms with Crippen molar-refractivity contribution >= 4 is 17.9 Å². The van der Waals surface area contributed by atoms with Crippen LogP contribution >= 0.6 is 0 Å². The van der Waals surface area contributed by atoms with E-state index in [4.69, 9.17) is 19.4 Å². The number of esters is 2. The van der Waals surface area contributed by atoms with Gasteiger partial charge in [0.1, 0.15) is 5.69 Å². The molecule has 0 fully saturated rings. The van der Waals surface area contributed by atoms with Gasteiger partial charge in [0, 0.05) is 18.2 Å². The van der Waals surface area contributed by atoms with Crippen LogP contribution in [0.3, 0.4) is 0 Å². The molecule has 0 N–H and O–H groups in total. The molecule has 0 radical (unpaired) electrons. The number of carbonyl (C=O) groups excluding carboxylic acids is 3. The molecule has 1 heterocycles. The second kappa shape index (κ2) is 10.5. The fraction of sp³-hybridized carbons (Fsp3) is 0.588. The fourth-order valence-corrected chi connectivity index (χ4v) is 2.46. The minimum Gasteiger partial charge on any atom is -0.550 e. The Balaban J connectivity index is 0.00000118. The second-order valence-electron chi connectivity index (χ2n) is 4.83. The van der Waals surface area contributed by atoms with Gasteiger partial charge >= 0.3 is 11.9 Å². The zero-order valence-electron chi connectivity index (χ0n) is 15.2. The van der Waals surface area contributed by atoms with Gasteiger partial charge < -0.3 is 23.9 Å². The summed E-state index contributed by atoms with van der Waals surface area (Å²) >= 11 is 0. The lowest BCUT2D eigenvalue weighted by Crippen LogP contribution is -2.16. The molecule has 0 bridgehead atoms. The summed E-state index contributed by atoms with van der Waals surface area (Å²) in [5.41, 5.74) is 2.42. The molecule has 0 amide bonds. The Morgan fingerprint density at radius 2 is 1.46 bits per heavy atom. The lowest BCUT2D eigenvalue weighted by atomic mass is 10.1. The number of carboxylic acid groups (broad SMARTS) is 1. The molecule has 0 unspecified atom stereocenters. The van der Waals surface area contributed by atoms with Crippen LogP contribution in [0.5, 0.6) is 0 Å². The maximum Gasteiger partial charge on any atom is 0.355 e. The summed E-state index contributed by atoms with van der Waals surface area (Å²) in [7, 11) is 0. The van der Waals surface area contributed by atoms with Gasteiger partial charge in [0.25, 0.3) is 0 Å². The van der Waals surface area contributed by atoms with E-state index < -0.39 is 11.9 Å². The molecule has 24 heavy (non-hydrogen) atoms. The van der Waals surface area contributed by atoms with Gasteiger partial charge in [-0.3, -0.25) is 0 Å². The van der Waals surface area contributed by atoms with Crippen LogP contribution in [-0.2, 0) is 27.2 Å². The minimum absolute atomic E-state index is 0.309. The summed E-state index contributed by atoms with van der Waals surface area (Å²) in [6, 6.07) is 0. The highest BCUT2D eigenvalue weighted by Crippen LogP contribution is 2.25. The largest absolute Gasteiger partial charge is 0.550 e. The maximum absolute atomic E-state index is 12.1. The Labute approximate surface area is 142 Å². The monoisotopic (exact) mass is 340 g/mol. The van der Waals surface area contributed by atoms with Crippen LogP contribution in [0, 0.1) is 6.92 Å². The van der Waals surface area contributed by atoms with Crippen molar-refractivity contribution < 1.29 is 29.0 Å². The van der Waals surface area contributed by atoms with Crippen molar-refractivity contribution in [2.75, 3.05) is 13.2 Å². The summed E-state index contributed by atoms with van der Waals surface area (Å²) in [5, 5.41) is 8.89. The van der Waals surface area contributed by atoms with E-state index in [0.29, 0.717) is 43.0 Å². The van der Waals surface area contributed by atoms with E-state index >= 15 is 0 Å². The zero-order valence-corrected chi connectivity index (χ0v) is 15.2. The van der Waals surface area contributed by atoms with Crippen molar-refractivity contribution in [2.45, 2.75) is 54.5 Å². The number of carboxylic acids is 1. The first-order valence-corrected chi connectivity index (χ1v) is 8.00. The predicted octanol–water partition coefficient (Wildman–Crippen LogP) is 1.49. The molecule has 136 valence electrons. The third kappa shape index (κ3) is 5.40. The molecular weight excluding hydrogens is 314 g/mol. The van der Waals surface area contributed by atoms with Gasteiger partial charge in [0.15, 0.2) is 0 Å². The van der Waals surface area contributed by atoms with E-state index in [1.807, 2.05) is 18.4 Å². The van der Waals surface area contributed by atoms with Crippen molar-refractivity contribution in [3.63, 3.8) is 0 Å². The molecule has 0 atom stereocenters. The van der Waals surface area contributed by atoms with Crippen LogP contribution in [0.25, 0.3) is 0 Å². The summed E-state index contributed by atoms with van der Waals surface area (Å²) in [5.74, 6) is -1.85. The third-order valence-corrected chi connectivity index (χ3v) is 3.21. The summed E-state index contributed by atoms with van der Waals surface area (Å²) in [6.45, 7) is 11.4.